The van der Waals surface area contributed by atoms with Gasteiger partial charge in [0.05, 0.1) is 16.8 Å². The minimum absolute atomic E-state index is 0.184. The summed E-state index contributed by atoms with van der Waals surface area (Å²) < 4.78 is 49.8. The van der Waals surface area contributed by atoms with Crippen LogP contribution in [-0.4, -0.2) is 51.1 Å². The Kier molecular flexibility index (Phi) is 8.13. The van der Waals surface area contributed by atoms with Crippen molar-refractivity contribution in [2.24, 2.45) is 0 Å². The highest BCUT2D eigenvalue weighted by atomic mass is 32.2. The molecule has 1 heterocycles. The molecular weight excluding hydrogens is 487 g/mol. The van der Waals surface area contributed by atoms with E-state index in [4.69, 9.17) is 4.74 Å². The molecule has 190 valence electrons. The molecule has 1 fully saturated rings. The summed E-state index contributed by atoms with van der Waals surface area (Å²) in [4.78, 5) is 6.13. The molecular formula is C25H33FN4O3S2. The molecule has 1 aliphatic rings. The summed E-state index contributed by atoms with van der Waals surface area (Å²) in [5.41, 5.74) is 1.23. The third kappa shape index (κ3) is 6.23. The third-order valence-electron chi connectivity index (χ3n) is 6.31. The number of aromatic nitrogens is 1. The summed E-state index contributed by atoms with van der Waals surface area (Å²) in [5, 5.41) is 3.59. The molecule has 7 nitrogen and oxygen atoms in total. The highest BCUT2D eigenvalue weighted by Crippen LogP contribution is 2.32. The lowest BCUT2D eigenvalue weighted by molar-refractivity contribution is 0.211. The second-order valence-electron chi connectivity index (χ2n) is 9.17. The Morgan fingerprint density at radius 1 is 1.17 bits per heavy atom. The Labute approximate surface area is 210 Å². The summed E-state index contributed by atoms with van der Waals surface area (Å²) in [6, 6.07) is 10.2. The molecule has 1 aliphatic carbocycles. The number of likely N-dealkylation sites (N-methyl/N-ethyl adjacent to an activating group) is 1. The monoisotopic (exact) mass is 520 g/mol. The number of sulfonamides is 1. The van der Waals surface area contributed by atoms with Gasteiger partial charge in [-0.05, 0) is 69.8 Å². The van der Waals surface area contributed by atoms with Crippen LogP contribution in [0.1, 0.15) is 45.4 Å². The van der Waals surface area contributed by atoms with Gasteiger partial charge in [0.15, 0.2) is 5.13 Å². The van der Waals surface area contributed by atoms with Crippen LogP contribution >= 0.6 is 11.3 Å². The first-order valence-corrected chi connectivity index (χ1v) is 14.4. The number of thiazole rings is 1. The van der Waals surface area contributed by atoms with Gasteiger partial charge in [-0.1, -0.05) is 37.5 Å². The van der Waals surface area contributed by atoms with Crippen LogP contribution in [0.3, 0.4) is 0 Å². The summed E-state index contributed by atoms with van der Waals surface area (Å²) in [7, 11) is -0.0367. The molecule has 0 amide bonds. The average molecular weight is 521 g/mol. The van der Waals surface area contributed by atoms with Crippen LogP contribution in [0.25, 0.3) is 10.2 Å². The minimum Gasteiger partial charge on any atom is -0.494 e. The van der Waals surface area contributed by atoms with Crippen molar-refractivity contribution >= 4 is 42.4 Å². The van der Waals surface area contributed by atoms with E-state index in [9.17, 15) is 12.8 Å². The van der Waals surface area contributed by atoms with Gasteiger partial charge in [0.2, 0.25) is 0 Å². The van der Waals surface area contributed by atoms with Gasteiger partial charge >= 0.3 is 0 Å². The SMILES string of the molecule is CCCCOc1ccc2nc(NS(=O)(=O)c3ccc(N[C@H]4CCCC[C@@H]4N(C)C)cc3F)sc2c1. The molecule has 35 heavy (non-hydrogen) atoms. The average Bonchev–Trinajstić information content (AvgIpc) is 3.20. The molecule has 0 radical (unpaired) electrons. The maximum Gasteiger partial charge on any atom is 0.266 e. The van der Waals surface area contributed by atoms with E-state index in [2.05, 4.69) is 40.9 Å². The third-order valence-corrected chi connectivity index (χ3v) is 8.75. The molecule has 0 spiro atoms. The van der Waals surface area contributed by atoms with Crippen LogP contribution in [0, 0.1) is 5.82 Å². The van der Waals surface area contributed by atoms with Gasteiger partial charge in [0, 0.05) is 17.8 Å². The number of nitrogens with one attached hydrogen (secondary N) is 2. The molecule has 3 aromatic rings. The van der Waals surface area contributed by atoms with E-state index in [0.717, 1.165) is 36.8 Å². The van der Waals surface area contributed by atoms with Gasteiger partial charge in [0.1, 0.15) is 16.5 Å². The zero-order valence-electron chi connectivity index (χ0n) is 20.4. The molecule has 2 aromatic carbocycles. The first-order chi connectivity index (χ1) is 16.8. The van der Waals surface area contributed by atoms with Gasteiger partial charge < -0.3 is 15.0 Å². The highest BCUT2D eigenvalue weighted by molar-refractivity contribution is 7.93. The van der Waals surface area contributed by atoms with Crippen molar-refractivity contribution in [3.8, 4) is 5.75 Å². The smallest absolute Gasteiger partial charge is 0.266 e. The van der Waals surface area contributed by atoms with Crippen LogP contribution in [0.2, 0.25) is 0 Å². The molecule has 0 saturated heterocycles. The largest absolute Gasteiger partial charge is 0.494 e. The number of benzene rings is 2. The van der Waals surface area contributed by atoms with Crippen molar-refractivity contribution in [1.29, 1.82) is 0 Å². The van der Waals surface area contributed by atoms with E-state index in [1.807, 2.05) is 12.1 Å². The predicted molar refractivity (Wildman–Crippen MR) is 141 cm³/mol. The van der Waals surface area contributed by atoms with Crippen molar-refractivity contribution in [2.45, 2.75) is 62.4 Å². The number of hydrogen-bond donors (Lipinski definition) is 2. The number of nitrogens with zero attached hydrogens (tertiary/aromatic N) is 2. The maximum absolute atomic E-state index is 15.0. The second-order valence-corrected chi connectivity index (χ2v) is 11.8. The molecule has 1 saturated carbocycles. The quantitative estimate of drug-likeness (QED) is 0.334. The molecule has 2 N–H and O–H groups in total. The van der Waals surface area contributed by atoms with Crippen molar-refractivity contribution < 1.29 is 17.5 Å². The van der Waals surface area contributed by atoms with E-state index in [1.165, 1.54) is 29.9 Å². The van der Waals surface area contributed by atoms with Crippen molar-refractivity contribution in [3.63, 3.8) is 0 Å². The molecule has 2 atom stereocenters. The van der Waals surface area contributed by atoms with E-state index < -0.39 is 20.7 Å². The maximum atomic E-state index is 15.0. The van der Waals surface area contributed by atoms with Crippen molar-refractivity contribution in [2.75, 3.05) is 30.7 Å². The zero-order valence-corrected chi connectivity index (χ0v) is 22.0. The Hall–Kier alpha value is -2.43. The Morgan fingerprint density at radius 2 is 1.97 bits per heavy atom. The fraction of sp³-hybridized carbons (Fsp3) is 0.480. The standard InChI is InChI=1S/C25H33FN4O3S2/c1-4-5-14-33-18-11-12-21-23(16-18)34-25(28-21)29-35(31,32)24-13-10-17(15-19(24)26)27-20-8-6-7-9-22(20)30(2)3/h10-13,15-16,20,22,27H,4-9,14H2,1-3H3,(H,28,29)/t20-,22-/m0/s1. The van der Waals surface area contributed by atoms with Crippen LogP contribution in [0.5, 0.6) is 5.75 Å². The molecule has 0 unspecified atom stereocenters. The molecule has 4 rings (SSSR count). The highest BCUT2D eigenvalue weighted by Gasteiger charge is 2.27. The van der Waals surface area contributed by atoms with Crippen LogP contribution in [0.15, 0.2) is 41.3 Å². The van der Waals surface area contributed by atoms with Crippen LogP contribution in [-0.2, 0) is 10.0 Å². The summed E-state index contributed by atoms with van der Waals surface area (Å²) in [5.74, 6) is -0.0833. The number of rotatable bonds is 10. The van der Waals surface area contributed by atoms with E-state index in [1.54, 1.807) is 12.1 Å². The Morgan fingerprint density at radius 3 is 2.71 bits per heavy atom. The Bertz CT molecular complexity index is 1260. The molecule has 1 aromatic heterocycles. The van der Waals surface area contributed by atoms with Crippen molar-refractivity contribution in [1.82, 2.24) is 9.88 Å². The predicted octanol–water partition coefficient (Wildman–Crippen LogP) is 5.70. The number of ether oxygens (including phenoxy) is 1. The normalized spacial score (nSPS) is 18.7. The first kappa shape index (κ1) is 25.7. The van der Waals surface area contributed by atoms with Gasteiger partial charge in [-0.3, -0.25) is 4.72 Å². The lowest BCUT2D eigenvalue weighted by Crippen LogP contribution is -2.45. The molecule has 10 heteroatoms. The molecule has 0 aliphatic heterocycles. The van der Waals surface area contributed by atoms with Gasteiger partial charge in [-0.15, -0.1) is 0 Å². The van der Waals surface area contributed by atoms with Crippen LogP contribution in [0.4, 0.5) is 15.2 Å². The number of fused-ring (bicyclic) bond motifs is 1. The summed E-state index contributed by atoms with van der Waals surface area (Å²) in [6.45, 7) is 2.72. The summed E-state index contributed by atoms with van der Waals surface area (Å²) >= 11 is 1.19. The van der Waals surface area contributed by atoms with E-state index in [-0.39, 0.29) is 11.2 Å². The number of unbranched alkanes of at least 4 members (excludes halogenated alkanes) is 1. The van der Waals surface area contributed by atoms with E-state index >= 15 is 0 Å². The van der Waals surface area contributed by atoms with E-state index in [0.29, 0.717) is 29.6 Å². The Balaban J connectivity index is 1.48. The van der Waals surface area contributed by atoms with Gasteiger partial charge in [-0.2, -0.15) is 0 Å². The van der Waals surface area contributed by atoms with Crippen molar-refractivity contribution in [3.05, 3.63) is 42.2 Å². The van der Waals surface area contributed by atoms with Gasteiger partial charge in [-0.25, -0.2) is 17.8 Å². The fourth-order valence-electron chi connectivity index (χ4n) is 4.46. The number of hydrogen-bond acceptors (Lipinski definition) is 7. The number of halogens is 1. The lowest BCUT2D eigenvalue weighted by atomic mass is 9.89. The zero-order chi connectivity index (χ0) is 25.0. The summed E-state index contributed by atoms with van der Waals surface area (Å²) in [6.07, 6.45) is 6.38. The fourth-order valence-corrected chi connectivity index (χ4v) is 6.65. The first-order valence-electron chi connectivity index (χ1n) is 12.1. The minimum atomic E-state index is -4.14. The molecule has 0 bridgehead atoms. The topological polar surface area (TPSA) is 83.6 Å². The lowest BCUT2D eigenvalue weighted by Gasteiger charge is -2.37. The second kappa shape index (κ2) is 11.1. The van der Waals surface area contributed by atoms with Crippen LogP contribution < -0.4 is 14.8 Å². The van der Waals surface area contributed by atoms with Gasteiger partial charge in [0.25, 0.3) is 10.0 Å². The number of anilines is 2.